The van der Waals surface area contributed by atoms with Gasteiger partial charge in [0.05, 0.1) is 0 Å². The van der Waals surface area contributed by atoms with E-state index in [0.717, 1.165) is 4.47 Å². The van der Waals surface area contributed by atoms with Crippen molar-refractivity contribution in [1.82, 2.24) is 0 Å². The molecule has 0 aliphatic heterocycles. The lowest BCUT2D eigenvalue weighted by molar-refractivity contribution is 1.57. The third-order valence-corrected chi connectivity index (χ3v) is 7.79. The van der Waals surface area contributed by atoms with Crippen molar-refractivity contribution in [3.63, 3.8) is 0 Å². The molecule has 0 unspecified atom stereocenters. The van der Waals surface area contributed by atoms with Gasteiger partial charge in [-0.15, -0.1) is 0 Å². The summed E-state index contributed by atoms with van der Waals surface area (Å²) in [5.41, 5.74) is 7.33. The largest absolute Gasteiger partial charge is 0.0616 e. The third kappa shape index (κ3) is 3.93. The van der Waals surface area contributed by atoms with Crippen LogP contribution in [0.25, 0.3) is 65.7 Å². The van der Waals surface area contributed by atoms with Crippen molar-refractivity contribution < 1.29 is 0 Å². The Morgan fingerprint density at radius 2 is 0.649 bits per heavy atom. The van der Waals surface area contributed by atoms with Crippen molar-refractivity contribution in [3.8, 4) is 33.4 Å². The van der Waals surface area contributed by atoms with E-state index in [1.807, 2.05) is 0 Å². The number of halogens is 1. The Morgan fingerprint density at radius 3 is 1.14 bits per heavy atom. The molecular weight excluding hydrogens is 512 g/mol. The minimum absolute atomic E-state index is 1.09. The molecule has 7 aromatic rings. The topological polar surface area (TPSA) is 0 Å². The number of hydrogen-bond donors (Lipinski definition) is 0. The summed E-state index contributed by atoms with van der Waals surface area (Å²) in [4.78, 5) is 0. The summed E-state index contributed by atoms with van der Waals surface area (Å²) in [6, 6.07) is 50.6. The highest BCUT2D eigenvalue weighted by Gasteiger charge is 2.10. The summed E-state index contributed by atoms with van der Waals surface area (Å²) >= 11 is 3.60. The lowest BCUT2D eigenvalue weighted by Gasteiger charge is -2.13. The Labute approximate surface area is 225 Å². The molecule has 0 radical (unpaired) electrons. The van der Waals surface area contributed by atoms with Crippen molar-refractivity contribution in [1.29, 1.82) is 0 Å². The SMILES string of the molecule is Brc1cccc(-c2cccc(-c3cccc(-c4ccc5c6ccccc6c6ccccc6c5c4)c3)c2)c1. The molecule has 0 saturated carbocycles. The van der Waals surface area contributed by atoms with Gasteiger partial charge in [-0.25, -0.2) is 0 Å². The second-order valence-corrected chi connectivity index (χ2v) is 10.4. The molecule has 0 spiro atoms. The molecule has 7 rings (SSSR count). The molecule has 0 saturated heterocycles. The molecule has 7 aromatic carbocycles. The van der Waals surface area contributed by atoms with Gasteiger partial charge in [-0.3, -0.25) is 0 Å². The van der Waals surface area contributed by atoms with Crippen LogP contribution in [-0.4, -0.2) is 0 Å². The number of rotatable bonds is 3. The van der Waals surface area contributed by atoms with Gasteiger partial charge in [-0.1, -0.05) is 125 Å². The van der Waals surface area contributed by atoms with Crippen molar-refractivity contribution in [2.24, 2.45) is 0 Å². The van der Waals surface area contributed by atoms with E-state index in [9.17, 15) is 0 Å². The monoisotopic (exact) mass is 534 g/mol. The molecule has 1 heteroatoms. The Kier molecular flexibility index (Phi) is 5.38. The van der Waals surface area contributed by atoms with Crippen LogP contribution in [0.3, 0.4) is 0 Å². The summed E-state index contributed by atoms with van der Waals surface area (Å²) in [6.07, 6.45) is 0. The number of fused-ring (bicyclic) bond motifs is 6. The quantitative estimate of drug-likeness (QED) is 0.198. The van der Waals surface area contributed by atoms with Crippen LogP contribution in [0.2, 0.25) is 0 Å². The highest BCUT2D eigenvalue weighted by atomic mass is 79.9. The maximum Gasteiger partial charge on any atom is 0.0181 e. The summed E-state index contributed by atoms with van der Waals surface area (Å²) in [5, 5.41) is 7.83. The molecular formula is C36H23Br. The molecule has 0 atom stereocenters. The predicted molar refractivity (Wildman–Crippen MR) is 163 cm³/mol. The molecule has 0 bridgehead atoms. The van der Waals surface area contributed by atoms with Crippen molar-refractivity contribution >= 4 is 48.2 Å². The maximum atomic E-state index is 3.60. The first-order valence-corrected chi connectivity index (χ1v) is 13.3. The molecule has 0 aliphatic rings. The van der Waals surface area contributed by atoms with Gasteiger partial charge < -0.3 is 0 Å². The Morgan fingerprint density at radius 1 is 0.270 bits per heavy atom. The van der Waals surface area contributed by atoms with Gasteiger partial charge >= 0.3 is 0 Å². The molecule has 0 nitrogen and oxygen atoms in total. The van der Waals surface area contributed by atoms with E-state index in [1.54, 1.807) is 0 Å². The minimum atomic E-state index is 1.09. The van der Waals surface area contributed by atoms with Crippen molar-refractivity contribution in [2.45, 2.75) is 0 Å². The van der Waals surface area contributed by atoms with E-state index in [4.69, 9.17) is 0 Å². The normalized spacial score (nSPS) is 11.4. The van der Waals surface area contributed by atoms with Crippen LogP contribution in [0.15, 0.2) is 144 Å². The zero-order valence-electron chi connectivity index (χ0n) is 20.2. The highest BCUT2D eigenvalue weighted by Crippen LogP contribution is 2.38. The highest BCUT2D eigenvalue weighted by molar-refractivity contribution is 9.10. The van der Waals surface area contributed by atoms with Crippen molar-refractivity contribution in [3.05, 3.63) is 144 Å². The van der Waals surface area contributed by atoms with Gasteiger partial charge in [-0.05, 0) is 96.0 Å². The van der Waals surface area contributed by atoms with Gasteiger partial charge in [0.1, 0.15) is 0 Å². The van der Waals surface area contributed by atoms with E-state index in [1.165, 1.54) is 65.7 Å². The maximum absolute atomic E-state index is 3.60. The first-order chi connectivity index (χ1) is 18.2. The molecule has 0 aliphatic carbocycles. The average Bonchev–Trinajstić information content (AvgIpc) is 2.97. The molecule has 0 heterocycles. The Hall–Kier alpha value is -4.20. The fourth-order valence-electron chi connectivity index (χ4n) is 5.51. The van der Waals surface area contributed by atoms with Crippen LogP contribution in [0.4, 0.5) is 0 Å². The summed E-state index contributed by atoms with van der Waals surface area (Å²) < 4.78 is 1.09. The second-order valence-electron chi connectivity index (χ2n) is 9.52. The molecule has 37 heavy (non-hydrogen) atoms. The number of benzene rings is 7. The van der Waals surface area contributed by atoms with E-state index in [0.29, 0.717) is 0 Å². The predicted octanol–water partition coefficient (Wildman–Crippen LogP) is 10.9. The molecule has 0 fully saturated rings. The van der Waals surface area contributed by atoms with E-state index in [-0.39, 0.29) is 0 Å². The van der Waals surface area contributed by atoms with Crippen molar-refractivity contribution in [2.75, 3.05) is 0 Å². The zero-order chi connectivity index (χ0) is 24.8. The average molecular weight is 535 g/mol. The second kappa shape index (κ2) is 9.03. The van der Waals surface area contributed by atoms with Crippen LogP contribution in [-0.2, 0) is 0 Å². The first-order valence-electron chi connectivity index (χ1n) is 12.5. The fraction of sp³-hybridized carbons (Fsp3) is 0. The minimum Gasteiger partial charge on any atom is -0.0616 e. The molecule has 174 valence electrons. The fourth-order valence-corrected chi connectivity index (χ4v) is 5.91. The van der Waals surface area contributed by atoms with E-state index in [2.05, 4.69) is 155 Å². The Balaban J connectivity index is 1.36. The van der Waals surface area contributed by atoms with Crippen LogP contribution >= 0.6 is 15.9 Å². The first kappa shape index (κ1) is 22.0. The van der Waals surface area contributed by atoms with Gasteiger partial charge in [-0.2, -0.15) is 0 Å². The van der Waals surface area contributed by atoms with E-state index < -0.39 is 0 Å². The Bertz CT molecular complexity index is 1910. The smallest absolute Gasteiger partial charge is 0.0181 e. The molecule has 0 aromatic heterocycles. The van der Waals surface area contributed by atoms with Crippen LogP contribution in [0.5, 0.6) is 0 Å². The van der Waals surface area contributed by atoms with Gasteiger partial charge in [0.15, 0.2) is 0 Å². The zero-order valence-corrected chi connectivity index (χ0v) is 21.7. The summed E-state index contributed by atoms with van der Waals surface area (Å²) in [6.45, 7) is 0. The standard InChI is InChI=1S/C36H23Br/c37-30-13-7-12-28(22-30)26-10-5-8-24(20-26)25-9-6-11-27(21-25)29-18-19-35-33-16-2-1-14-31(33)32-15-3-4-17-34(32)36(35)23-29/h1-23H. The molecule has 0 N–H and O–H groups in total. The lowest BCUT2D eigenvalue weighted by atomic mass is 9.91. The molecule has 0 amide bonds. The lowest BCUT2D eigenvalue weighted by Crippen LogP contribution is -1.86. The van der Waals surface area contributed by atoms with Gasteiger partial charge in [0.25, 0.3) is 0 Å². The van der Waals surface area contributed by atoms with Crippen LogP contribution < -0.4 is 0 Å². The number of hydrogen-bond acceptors (Lipinski definition) is 0. The van der Waals surface area contributed by atoms with Gasteiger partial charge in [0.2, 0.25) is 0 Å². The van der Waals surface area contributed by atoms with Crippen LogP contribution in [0.1, 0.15) is 0 Å². The van der Waals surface area contributed by atoms with Gasteiger partial charge in [0, 0.05) is 4.47 Å². The third-order valence-electron chi connectivity index (χ3n) is 7.29. The summed E-state index contributed by atoms with van der Waals surface area (Å²) in [5.74, 6) is 0. The van der Waals surface area contributed by atoms with E-state index >= 15 is 0 Å². The van der Waals surface area contributed by atoms with Crippen LogP contribution in [0, 0.1) is 0 Å². The summed E-state index contributed by atoms with van der Waals surface area (Å²) in [7, 11) is 0.